The lowest BCUT2D eigenvalue weighted by Gasteiger charge is -2.22. The third kappa shape index (κ3) is 2.65. The summed E-state index contributed by atoms with van der Waals surface area (Å²) in [7, 11) is 0. The van der Waals surface area contributed by atoms with Gasteiger partial charge in [-0.2, -0.15) is 13.2 Å². The molecule has 0 radical (unpaired) electrons. The average molecular weight is 283 g/mol. The normalized spacial score (nSPS) is 20.4. The number of rotatable bonds is 2. The van der Waals surface area contributed by atoms with Crippen molar-refractivity contribution in [3.8, 4) is 0 Å². The minimum Gasteiger partial charge on any atom is -0.314 e. The zero-order valence-corrected chi connectivity index (χ0v) is 11.0. The Labute approximate surface area is 114 Å². The third-order valence-electron chi connectivity index (χ3n) is 3.70. The van der Waals surface area contributed by atoms with E-state index in [1.807, 2.05) is 0 Å². The first kappa shape index (κ1) is 13.4. The van der Waals surface area contributed by atoms with Gasteiger partial charge in [-0.15, -0.1) is 0 Å². The van der Waals surface area contributed by atoms with Crippen molar-refractivity contribution < 1.29 is 13.2 Å². The zero-order valence-electron chi connectivity index (χ0n) is 11.0. The highest BCUT2D eigenvalue weighted by Crippen LogP contribution is 2.29. The molecule has 20 heavy (non-hydrogen) atoms. The van der Waals surface area contributed by atoms with Crippen LogP contribution in [0.3, 0.4) is 0 Å². The number of hydrogen-bond donors (Lipinski definition) is 1. The Morgan fingerprint density at radius 1 is 1.30 bits per heavy atom. The fourth-order valence-electron chi connectivity index (χ4n) is 2.74. The van der Waals surface area contributed by atoms with Crippen LogP contribution in [-0.4, -0.2) is 22.0 Å². The van der Waals surface area contributed by atoms with Crippen molar-refractivity contribution >= 4 is 5.65 Å². The molecule has 6 heteroatoms. The van der Waals surface area contributed by atoms with Crippen LogP contribution in [0.5, 0.6) is 0 Å². The van der Waals surface area contributed by atoms with Gasteiger partial charge in [-0.3, -0.25) is 4.40 Å². The lowest BCUT2D eigenvalue weighted by molar-refractivity contribution is -0.142. The van der Waals surface area contributed by atoms with E-state index in [0.717, 1.165) is 23.4 Å². The summed E-state index contributed by atoms with van der Waals surface area (Å²) in [5.41, 5.74) is 0.386. The molecule has 1 atom stereocenters. The standard InChI is InChI=1S/C14H16F3N3/c15-14(16,17)12-5-3-6-13-19-11(9-20(12)13)8-10-4-1-2-7-18-10/h3,5-6,9-10,18H,1-2,4,7-8H2/t10-/m0/s1. The Kier molecular flexibility index (Phi) is 3.41. The summed E-state index contributed by atoms with van der Waals surface area (Å²) in [5, 5.41) is 3.39. The van der Waals surface area contributed by atoms with Crippen LogP contribution in [0.2, 0.25) is 0 Å². The topological polar surface area (TPSA) is 29.3 Å². The lowest BCUT2D eigenvalue weighted by Crippen LogP contribution is -2.35. The predicted octanol–water partition coefficient (Wildman–Crippen LogP) is 3.04. The van der Waals surface area contributed by atoms with E-state index in [-0.39, 0.29) is 0 Å². The van der Waals surface area contributed by atoms with Crippen molar-refractivity contribution in [1.82, 2.24) is 14.7 Å². The fourth-order valence-corrected chi connectivity index (χ4v) is 2.74. The van der Waals surface area contributed by atoms with Gasteiger partial charge in [0.15, 0.2) is 0 Å². The van der Waals surface area contributed by atoms with Gasteiger partial charge in [0, 0.05) is 18.7 Å². The first-order chi connectivity index (χ1) is 9.54. The van der Waals surface area contributed by atoms with E-state index < -0.39 is 11.9 Å². The second kappa shape index (κ2) is 5.09. The number of aromatic nitrogens is 2. The quantitative estimate of drug-likeness (QED) is 0.918. The molecule has 1 fully saturated rings. The molecule has 3 nitrogen and oxygen atoms in total. The van der Waals surface area contributed by atoms with Crippen LogP contribution in [-0.2, 0) is 12.6 Å². The Morgan fingerprint density at radius 3 is 2.85 bits per heavy atom. The molecule has 2 aromatic rings. The summed E-state index contributed by atoms with van der Waals surface area (Å²) in [6, 6.07) is 4.40. The molecule has 0 aliphatic carbocycles. The molecular weight excluding hydrogens is 267 g/mol. The third-order valence-corrected chi connectivity index (χ3v) is 3.70. The van der Waals surface area contributed by atoms with Crippen LogP contribution < -0.4 is 5.32 Å². The maximum Gasteiger partial charge on any atom is 0.431 e. The highest BCUT2D eigenvalue weighted by Gasteiger charge is 2.33. The number of nitrogens with zero attached hydrogens (tertiary/aromatic N) is 2. The van der Waals surface area contributed by atoms with Gasteiger partial charge >= 0.3 is 6.18 Å². The van der Waals surface area contributed by atoms with Crippen molar-refractivity contribution in [1.29, 1.82) is 0 Å². The van der Waals surface area contributed by atoms with Gasteiger partial charge in [0.2, 0.25) is 0 Å². The van der Waals surface area contributed by atoms with Crippen LogP contribution >= 0.6 is 0 Å². The van der Waals surface area contributed by atoms with Crippen molar-refractivity contribution in [2.24, 2.45) is 0 Å². The molecule has 0 bridgehead atoms. The summed E-state index contributed by atoms with van der Waals surface area (Å²) in [6.07, 6.45) is 1.21. The van der Waals surface area contributed by atoms with E-state index in [1.165, 1.54) is 25.1 Å². The Bertz CT molecular complexity index is 597. The Morgan fingerprint density at radius 2 is 2.15 bits per heavy atom. The minimum absolute atomic E-state index is 0.322. The van der Waals surface area contributed by atoms with Crippen LogP contribution in [0, 0.1) is 0 Å². The number of halogens is 3. The molecule has 0 spiro atoms. The molecule has 1 saturated heterocycles. The number of imidazole rings is 1. The number of fused-ring (bicyclic) bond motifs is 1. The number of hydrogen-bond acceptors (Lipinski definition) is 2. The largest absolute Gasteiger partial charge is 0.431 e. The van der Waals surface area contributed by atoms with E-state index in [4.69, 9.17) is 0 Å². The highest BCUT2D eigenvalue weighted by molar-refractivity contribution is 5.42. The van der Waals surface area contributed by atoms with Crippen LogP contribution in [0.1, 0.15) is 30.7 Å². The average Bonchev–Trinajstić information content (AvgIpc) is 2.80. The fraction of sp³-hybridized carbons (Fsp3) is 0.500. The predicted molar refractivity (Wildman–Crippen MR) is 69.5 cm³/mol. The zero-order chi connectivity index (χ0) is 14.2. The van der Waals surface area contributed by atoms with Gasteiger partial charge in [0.1, 0.15) is 11.3 Å². The summed E-state index contributed by atoms with van der Waals surface area (Å²) in [6.45, 7) is 0.978. The number of pyridine rings is 1. The van der Waals surface area contributed by atoms with Crippen LogP contribution in [0.15, 0.2) is 24.4 Å². The van der Waals surface area contributed by atoms with E-state index in [9.17, 15) is 13.2 Å². The Balaban J connectivity index is 1.90. The molecule has 3 heterocycles. The molecule has 3 rings (SSSR count). The molecule has 1 aliphatic heterocycles. The second-order valence-electron chi connectivity index (χ2n) is 5.22. The highest BCUT2D eigenvalue weighted by atomic mass is 19.4. The van der Waals surface area contributed by atoms with Gasteiger partial charge in [-0.1, -0.05) is 12.5 Å². The maximum absolute atomic E-state index is 12.9. The maximum atomic E-state index is 12.9. The van der Waals surface area contributed by atoms with Crippen molar-refractivity contribution in [2.75, 3.05) is 6.54 Å². The smallest absolute Gasteiger partial charge is 0.314 e. The Hall–Kier alpha value is -1.56. The van der Waals surface area contributed by atoms with Crippen molar-refractivity contribution in [3.05, 3.63) is 35.8 Å². The van der Waals surface area contributed by atoms with Gasteiger partial charge in [0.25, 0.3) is 0 Å². The van der Waals surface area contributed by atoms with Crippen LogP contribution in [0.25, 0.3) is 5.65 Å². The number of piperidine rings is 1. The molecule has 1 aliphatic rings. The van der Waals surface area contributed by atoms with Crippen LogP contribution in [0.4, 0.5) is 13.2 Å². The van der Waals surface area contributed by atoms with Crippen molar-refractivity contribution in [2.45, 2.75) is 37.9 Å². The summed E-state index contributed by atoms with van der Waals surface area (Å²) in [5.74, 6) is 0. The first-order valence-electron chi connectivity index (χ1n) is 6.81. The van der Waals surface area contributed by atoms with Crippen molar-refractivity contribution in [3.63, 3.8) is 0 Å². The summed E-state index contributed by atoms with van der Waals surface area (Å²) in [4.78, 5) is 4.30. The van der Waals surface area contributed by atoms with Gasteiger partial charge in [-0.25, -0.2) is 4.98 Å². The molecule has 108 valence electrons. The molecular formula is C14H16F3N3. The van der Waals surface area contributed by atoms with E-state index >= 15 is 0 Å². The first-order valence-corrected chi connectivity index (χ1v) is 6.81. The van der Waals surface area contributed by atoms with E-state index in [1.54, 1.807) is 6.07 Å². The van der Waals surface area contributed by atoms with Gasteiger partial charge < -0.3 is 5.32 Å². The number of nitrogens with one attached hydrogen (secondary N) is 1. The number of alkyl halides is 3. The molecule has 1 N–H and O–H groups in total. The summed E-state index contributed by atoms with van der Waals surface area (Å²) >= 11 is 0. The SMILES string of the molecule is FC(F)(F)c1cccc2nc(C[C@@H]3CCCCN3)cn12. The molecule has 0 saturated carbocycles. The van der Waals surface area contributed by atoms with Gasteiger partial charge in [0.05, 0.1) is 5.69 Å². The van der Waals surface area contributed by atoms with E-state index in [0.29, 0.717) is 23.8 Å². The molecule has 2 aromatic heterocycles. The lowest BCUT2D eigenvalue weighted by atomic mass is 10.0. The summed E-state index contributed by atoms with van der Waals surface area (Å²) < 4.78 is 39.9. The van der Waals surface area contributed by atoms with Gasteiger partial charge in [-0.05, 0) is 31.5 Å². The second-order valence-corrected chi connectivity index (χ2v) is 5.22. The minimum atomic E-state index is -4.36. The molecule has 0 amide bonds. The monoisotopic (exact) mass is 283 g/mol. The molecule has 0 aromatic carbocycles. The molecule has 0 unspecified atom stereocenters. The van der Waals surface area contributed by atoms with E-state index in [2.05, 4.69) is 10.3 Å².